The molecule has 1 aliphatic rings. The fraction of sp³-hybridized carbons (Fsp3) is 0.562. The molecule has 1 aromatic carbocycles. The SMILES string of the molecule is CC(C)Cc1ccc(C(=O)C2CN(C)CCN2)cc1. The first-order chi connectivity index (χ1) is 9.06. The zero-order valence-electron chi connectivity index (χ0n) is 12.1. The van der Waals surface area contributed by atoms with Crippen LogP contribution in [0.15, 0.2) is 24.3 Å². The Labute approximate surface area is 116 Å². The van der Waals surface area contributed by atoms with Gasteiger partial charge in [-0.3, -0.25) is 4.79 Å². The maximum atomic E-state index is 12.4. The van der Waals surface area contributed by atoms with Gasteiger partial charge in [-0.05, 0) is 24.9 Å². The fourth-order valence-electron chi connectivity index (χ4n) is 2.55. The van der Waals surface area contributed by atoms with Gasteiger partial charge in [-0.2, -0.15) is 0 Å². The summed E-state index contributed by atoms with van der Waals surface area (Å²) in [6.45, 7) is 7.11. The molecule has 1 atom stereocenters. The average Bonchev–Trinajstić information content (AvgIpc) is 2.38. The molecule has 0 aromatic heterocycles. The number of carbonyl (C=O) groups excluding carboxylic acids is 1. The van der Waals surface area contributed by atoms with Crippen molar-refractivity contribution in [2.24, 2.45) is 5.92 Å². The minimum atomic E-state index is -0.0605. The number of hydrogen-bond acceptors (Lipinski definition) is 3. The van der Waals surface area contributed by atoms with E-state index < -0.39 is 0 Å². The standard InChI is InChI=1S/C16H24N2O/c1-12(2)10-13-4-6-14(7-5-13)16(19)15-11-18(3)9-8-17-15/h4-7,12,15,17H,8-11H2,1-3H3. The molecule has 19 heavy (non-hydrogen) atoms. The highest BCUT2D eigenvalue weighted by molar-refractivity contribution is 6.00. The molecule has 1 heterocycles. The van der Waals surface area contributed by atoms with Crippen molar-refractivity contribution < 1.29 is 4.79 Å². The summed E-state index contributed by atoms with van der Waals surface area (Å²) < 4.78 is 0. The molecule has 0 spiro atoms. The molecule has 0 aliphatic carbocycles. The van der Waals surface area contributed by atoms with Gasteiger partial charge in [-0.1, -0.05) is 38.1 Å². The van der Waals surface area contributed by atoms with Gasteiger partial charge < -0.3 is 10.2 Å². The molecular formula is C16H24N2O. The Morgan fingerprint density at radius 3 is 2.63 bits per heavy atom. The highest BCUT2D eigenvalue weighted by Crippen LogP contribution is 2.12. The van der Waals surface area contributed by atoms with Crippen LogP contribution in [0.3, 0.4) is 0 Å². The van der Waals surface area contributed by atoms with E-state index in [0.29, 0.717) is 5.92 Å². The number of benzene rings is 1. The first kappa shape index (κ1) is 14.2. The zero-order chi connectivity index (χ0) is 13.8. The second kappa shape index (κ2) is 6.31. The summed E-state index contributed by atoms with van der Waals surface area (Å²) in [6.07, 6.45) is 1.07. The number of hydrogen-bond donors (Lipinski definition) is 1. The third kappa shape index (κ3) is 3.88. The predicted molar refractivity (Wildman–Crippen MR) is 78.6 cm³/mol. The minimum absolute atomic E-state index is 0.0605. The third-order valence-corrected chi connectivity index (χ3v) is 3.58. The number of ketones is 1. The molecule has 1 saturated heterocycles. The van der Waals surface area contributed by atoms with Gasteiger partial charge in [-0.15, -0.1) is 0 Å². The van der Waals surface area contributed by atoms with E-state index in [4.69, 9.17) is 0 Å². The summed E-state index contributed by atoms with van der Waals surface area (Å²) >= 11 is 0. The van der Waals surface area contributed by atoms with Crippen LogP contribution >= 0.6 is 0 Å². The van der Waals surface area contributed by atoms with Crippen LogP contribution < -0.4 is 5.32 Å². The Bertz CT molecular complexity index is 425. The van der Waals surface area contributed by atoms with Crippen molar-refractivity contribution in [3.63, 3.8) is 0 Å². The summed E-state index contributed by atoms with van der Waals surface area (Å²) in [5.74, 6) is 0.859. The highest BCUT2D eigenvalue weighted by atomic mass is 16.1. The van der Waals surface area contributed by atoms with Gasteiger partial charge in [0.05, 0.1) is 6.04 Å². The van der Waals surface area contributed by atoms with Crippen LogP contribution in [0.1, 0.15) is 29.8 Å². The van der Waals surface area contributed by atoms with Crippen molar-refractivity contribution in [3.05, 3.63) is 35.4 Å². The lowest BCUT2D eigenvalue weighted by Gasteiger charge is -2.29. The van der Waals surface area contributed by atoms with E-state index in [2.05, 4.69) is 43.2 Å². The average molecular weight is 260 g/mol. The van der Waals surface area contributed by atoms with Gasteiger partial charge in [-0.25, -0.2) is 0 Å². The molecule has 104 valence electrons. The molecule has 0 radical (unpaired) electrons. The van der Waals surface area contributed by atoms with Gasteiger partial charge in [0.2, 0.25) is 0 Å². The summed E-state index contributed by atoms with van der Waals surface area (Å²) in [5, 5.41) is 3.30. The number of carbonyl (C=O) groups is 1. The van der Waals surface area contributed by atoms with E-state index in [1.165, 1.54) is 5.56 Å². The quantitative estimate of drug-likeness (QED) is 0.840. The molecule has 3 nitrogen and oxygen atoms in total. The smallest absolute Gasteiger partial charge is 0.181 e. The lowest BCUT2D eigenvalue weighted by molar-refractivity contribution is 0.0894. The first-order valence-electron chi connectivity index (χ1n) is 7.11. The lowest BCUT2D eigenvalue weighted by atomic mass is 9.98. The van der Waals surface area contributed by atoms with E-state index >= 15 is 0 Å². The predicted octanol–water partition coefficient (Wildman–Crippen LogP) is 1.97. The highest BCUT2D eigenvalue weighted by Gasteiger charge is 2.24. The van der Waals surface area contributed by atoms with E-state index in [9.17, 15) is 4.79 Å². The minimum Gasteiger partial charge on any atom is -0.305 e. The van der Waals surface area contributed by atoms with Crippen molar-refractivity contribution in [1.82, 2.24) is 10.2 Å². The summed E-state index contributed by atoms with van der Waals surface area (Å²) in [5.41, 5.74) is 2.13. The molecule has 1 N–H and O–H groups in total. The first-order valence-corrected chi connectivity index (χ1v) is 7.11. The van der Waals surface area contributed by atoms with E-state index in [1.807, 2.05) is 12.1 Å². The van der Waals surface area contributed by atoms with Gasteiger partial charge in [0.25, 0.3) is 0 Å². The normalized spacial score (nSPS) is 20.7. The second-order valence-corrected chi connectivity index (χ2v) is 5.93. The maximum absolute atomic E-state index is 12.4. The van der Waals surface area contributed by atoms with E-state index in [-0.39, 0.29) is 11.8 Å². The molecule has 0 amide bonds. The Morgan fingerprint density at radius 1 is 1.37 bits per heavy atom. The number of piperazine rings is 1. The molecular weight excluding hydrogens is 236 g/mol. The van der Waals surface area contributed by atoms with E-state index in [1.54, 1.807) is 0 Å². The molecule has 0 bridgehead atoms. The Hall–Kier alpha value is -1.19. The number of nitrogens with zero attached hydrogens (tertiary/aromatic N) is 1. The Morgan fingerprint density at radius 2 is 2.05 bits per heavy atom. The van der Waals surface area contributed by atoms with Gasteiger partial charge >= 0.3 is 0 Å². The summed E-state index contributed by atoms with van der Waals surface area (Å²) in [7, 11) is 2.06. The Balaban J connectivity index is 2.02. The monoisotopic (exact) mass is 260 g/mol. The largest absolute Gasteiger partial charge is 0.305 e. The molecule has 1 fully saturated rings. The van der Waals surface area contributed by atoms with Crippen LogP contribution in [0.4, 0.5) is 0 Å². The lowest BCUT2D eigenvalue weighted by Crippen LogP contribution is -2.52. The van der Waals surface area contributed by atoms with E-state index in [0.717, 1.165) is 31.6 Å². The van der Waals surface area contributed by atoms with Crippen LogP contribution in [-0.2, 0) is 6.42 Å². The fourth-order valence-corrected chi connectivity index (χ4v) is 2.55. The van der Waals surface area contributed by atoms with Crippen LogP contribution in [0.2, 0.25) is 0 Å². The molecule has 0 saturated carbocycles. The van der Waals surface area contributed by atoms with Crippen LogP contribution in [0, 0.1) is 5.92 Å². The second-order valence-electron chi connectivity index (χ2n) is 5.93. The number of Topliss-reactive ketones (excluding diaryl/α,β-unsaturated/α-hetero) is 1. The van der Waals surface area contributed by atoms with Crippen LogP contribution in [0.25, 0.3) is 0 Å². The van der Waals surface area contributed by atoms with Crippen molar-refractivity contribution in [1.29, 1.82) is 0 Å². The van der Waals surface area contributed by atoms with Crippen LogP contribution in [-0.4, -0.2) is 43.4 Å². The van der Waals surface area contributed by atoms with Crippen molar-refractivity contribution in [2.45, 2.75) is 26.3 Å². The molecule has 3 heteroatoms. The van der Waals surface area contributed by atoms with Crippen LogP contribution in [0.5, 0.6) is 0 Å². The summed E-state index contributed by atoms with van der Waals surface area (Å²) in [4.78, 5) is 14.6. The molecule has 2 rings (SSSR count). The Kier molecular flexibility index (Phi) is 4.72. The van der Waals surface area contributed by atoms with Crippen molar-refractivity contribution in [2.75, 3.05) is 26.7 Å². The number of likely N-dealkylation sites (N-methyl/N-ethyl adjacent to an activating group) is 1. The van der Waals surface area contributed by atoms with Gasteiger partial charge in [0, 0.05) is 25.2 Å². The molecule has 1 aliphatic heterocycles. The number of nitrogens with one attached hydrogen (secondary N) is 1. The third-order valence-electron chi connectivity index (χ3n) is 3.58. The van der Waals surface area contributed by atoms with Crippen molar-refractivity contribution in [3.8, 4) is 0 Å². The molecule has 1 aromatic rings. The topological polar surface area (TPSA) is 32.3 Å². The molecule has 1 unspecified atom stereocenters. The maximum Gasteiger partial charge on any atom is 0.181 e. The van der Waals surface area contributed by atoms with Gasteiger partial charge in [0.1, 0.15) is 0 Å². The van der Waals surface area contributed by atoms with Crippen molar-refractivity contribution >= 4 is 5.78 Å². The number of rotatable bonds is 4. The van der Waals surface area contributed by atoms with Gasteiger partial charge in [0.15, 0.2) is 5.78 Å². The summed E-state index contributed by atoms with van der Waals surface area (Å²) in [6, 6.07) is 8.04. The zero-order valence-corrected chi connectivity index (χ0v) is 12.1.